The van der Waals surface area contributed by atoms with Crippen molar-refractivity contribution in [3.63, 3.8) is 0 Å². The monoisotopic (exact) mass is 307 g/mol. The van der Waals surface area contributed by atoms with Gasteiger partial charge in [-0.05, 0) is 24.3 Å². The number of H-pyrrole nitrogens is 1. The van der Waals surface area contributed by atoms with E-state index in [0.717, 1.165) is 0 Å². The smallest absolute Gasteiger partial charge is 0.162 e. The third kappa shape index (κ3) is 2.46. The van der Waals surface area contributed by atoms with E-state index >= 15 is 0 Å². The minimum atomic E-state index is -0.422. The Morgan fingerprint density at radius 3 is 2.87 bits per heavy atom. The number of aromatic nitrogens is 6. The topological polar surface area (TPSA) is 92.3 Å². The molecule has 0 fully saturated rings. The van der Waals surface area contributed by atoms with Crippen molar-refractivity contribution >= 4 is 22.7 Å². The van der Waals surface area contributed by atoms with Gasteiger partial charge in [-0.2, -0.15) is 0 Å². The minimum Gasteiger partial charge on any atom is -0.338 e. The zero-order chi connectivity index (χ0) is 15.6. The van der Waals surface area contributed by atoms with E-state index in [1.54, 1.807) is 24.7 Å². The fourth-order valence-corrected chi connectivity index (χ4v) is 2.20. The summed E-state index contributed by atoms with van der Waals surface area (Å²) in [6.07, 6.45) is 6.09. The lowest BCUT2D eigenvalue weighted by atomic mass is 10.2. The third-order valence-corrected chi connectivity index (χ3v) is 3.24. The first-order valence-electron chi connectivity index (χ1n) is 6.79. The molecule has 0 amide bonds. The predicted molar refractivity (Wildman–Crippen MR) is 82.4 cm³/mol. The molecule has 2 N–H and O–H groups in total. The van der Waals surface area contributed by atoms with Crippen LogP contribution in [-0.2, 0) is 0 Å². The van der Waals surface area contributed by atoms with Gasteiger partial charge < -0.3 is 10.3 Å². The molecule has 7 nitrogen and oxygen atoms in total. The van der Waals surface area contributed by atoms with Gasteiger partial charge in [0.15, 0.2) is 22.8 Å². The van der Waals surface area contributed by atoms with Crippen molar-refractivity contribution in [2.24, 2.45) is 0 Å². The van der Waals surface area contributed by atoms with E-state index in [9.17, 15) is 4.39 Å². The van der Waals surface area contributed by atoms with Gasteiger partial charge in [0.05, 0.1) is 12.0 Å². The molecule has 4 aromatic heterocycles. The average Bonchev–Trinajstić information content (AvgIpc) is 3.05. The first-order valence-corrected chi connectivity index (χ1v) is 6.79. The highest BCUT2D eigenvalue weighted by atomic mass is 19.1. The fraction of sp³-hybridized carbons (Fsp3) is 0. The molecule has 0 aliphatic heterocycles. The number of rotatable bonds is 3. The Morgan fingerprint density at radius 2 is 1.96 bits per heavy atom. The van der Waals surface area contributed by atoms with Gasteiger partial charge in [-0.25, -0.2) is 19.3 Å². The van der Waals surface area contributed by atoms with Gasteiger partial charge >= 0.3 is 0 Å². The second-order valence-electron chi connectivity index (χ2n) is 4.71. The number of nitrogens with one attached hydrogen (secondary N) is 2. The van der Waals surface area contributed by atoms with Gasteiger partial charge in [-0.15, -0.1) is 0 Å². The van der Waals surface area contributed by atoms with Crippen LogP contribution in [0.2, 0.25) is 0 Å². The van der Waals surface area contributed by atoms with Crippen molar-refractivity contribution in [3.8, 4) is 11.4 Å². The van der Waals surface area contributed by atoms with E-state index in [4.69, 9.17) is 0 Å². The normalized spacial score (nSPS) is 10.8. The number of anilines is 2. The van der Waals surface area contributed by atoms with Crippen LogP contribution >= 0.6 is 0 Å². The van der Waals surface area contributed by atoms with Crippen LogP contribution in [0, 0.1) is 5.82 Å². The molecule has 0 aromatic carbocycles. The van der Waals surface area contributed by atoms with E-state index in [2.05, 4.69) is 35.2 Å². The fourth-order valence-electron chi connectivity index (χ4n) is 2.20. The van der Waals surface area contributed by atoms with Gasteiger partial charge in [-0.1, -0.05) is 0 Å². The lowest BCUT2D eigenvalue weighted by molar-refractivity contribution is 0.625. The molecule has 0 radical (unpaired) electrons. The number of nitrogens with zero attached hydrogens (tertiary/aromatic N) is 5. The molecule has 0 atom stereocenters. The highest BCUT2D eigenvalue weighted by Crippen LogP contribution is 2.24. The predicted octanol–water partition coefficient (Wildman–Crippen LogP) is 2.69. The number of hydrogen-bond acceptors (Lipinski definition) is 6. The Labute approximate surface area is 129 Å². The van der Waals surface area contributed by atoms with Crippen molar-refractivity contribution in [2.45, 2.75) is 0 Å². The van der Waals surface area contributed by atoms with Crippen LogP contribution in [0.25, 0.3) is 22.6 Å². The highest BCUT2D eigenvalue weighted by Gasteiger charge is 2.10. The van der Waals surface area contributed by atoms with Crippen molar-refractivity contribution in [1.29, 1.82) is 0 Å². The van der Waals surface area contributed by atoms with Gasteiger partial charge in [0, 0.05) is 18.1 Å². The van der Waals surface area contributed by atoms with Crippen LogP contribution in [0.5, 0.6) is 0 Å². The molecule has 0 saturated heterocycles. The second kappa shape index (κ2) is 5.41. The summed E-state index contributed by atoms with van der Waals surface area (Å²) in [5.74, 6) is 0.128. The Hall–Kier alpha value is -3.42. The number of imidazole rings is 1. The van der Waals surface area contributed by atoms with Gasteiger partial charge in [0.25, 0.3) is 0 Å². The van der Waals surface area contributed by atoms with Gasteiger partial charge in [0.1, 0.15) is 12.0 Å². The molecule has 112 valence electrons. The molecule has 4 aromatic rings. The minimum absolute atomic E-state index is 0.198. The molecule has 8 heteroatoms. The van der Waals surface area contributed by atoms with Crippen LogP contribution < -0.4 is 5.32 Å². The van der Waals surface area contributed by atoms with E-state index < -0.39 is 5.82 Å². The van der Waals surface area contributed by atoms with Crippen LogP contribution in [0.15, 0.2) is 49.3 Å². The summed E-state index contributed by atoms with van der Waals surface area (Å²) in [6, 6.07) is 6.34. The summed E-state index contributed by atoms with van der Waals surface area (Å²) in [6.45, 7) is 0. The summed E-state index contributed by atoms with van der Waals surface area (Å²) in [4.78, 5) is 23.6. The maximum absolute atomic E-state index is 13.8. The summed E-state index contributed by atoms with van der Waals surface area (Å²) < 4.78 is 13.8. The number of aromatic amines is 1. The first-order chi connectivity index (χ1) is 11.3. The summed E-state index contributed by atoms with van der Waals surface area (Å²) >= 11 is 0. The second-order valence-corrected chi connectivity index (χ2v) is 4.71. The molecule has 0 aliphatic rings. The summed E-state index contributed by atoms with van der Waals surface area (Å²) in [5.41, 5.74) is 2.58. The number of fused-ring (bicyclic) bond motifs is 1. The van der Waals surface area contributed by atoms with E-state index in [-0.39, 0.29) is 5.69 Å². The van der Waals surface area contributed by atoms with E-state index in [1.807, 2.05) is 0 Å². The van der Waals surface area contributed by atoms with Crippen molar-refractivity contribution in [2.75, 3.05) is 5.32 Å². The van der Waals surface area contributed by atoms with E-state index in [1.165, 1.54) is 24.7 Å². The Morgan fingerprint density at radius 1 is 1.00 bits per heavy atom. The molecule has 0 spiro atoms. The quantitative estimate of drug-likeness (QED) is 0.604. The molecule has 0 aliphatic carbocycles. The highest BCUT2D eigenvalue weighted by molar-refractivity contribution is 5.84. The number of pyridine rings is 2. The molecular weight excluding hydrogens is 297 g/mol. The summed E-state index contributed by atoms with van der Waals surface area (Å²) in [5, 5.41) is 3.14. The molecule has 0 unspecified atom stereocenters. The Bertz CT molecular complexity index is 982. The molecule has 23 heavy (non-hydrogen) atoms. The van der Waals surface area contributed by atoms with Crippen LogP contribution in [0.1, 0.15) is 0 Å². The van der Waals surface area contributed by atoms with Crippen LogP contribution in [0.4, 0.5) is 15.9 Å². The molecule has 0 saturated carbocycles. The summed E-state index contributed by atoms with van der Waals surface area (Å²) in [7, 11) is 0. The third-order valence-electron chi connectivity index (χ3n) is 3.24. The lowest BCUT2D eigenvalue weighted by Crippen LogP contribution is -1.98. The van der Waals surface area contributed by atoms with Crippen molar-refractivity contribution < 1.29 is 4.39 Å². The van der Waals surface area contributed by atoms with Crippen LogP contribution in [0.3, 0.4) is 0 Å². The Kier molecular flexibility index (Phi) is 3.12. The first kappa shape index (κ1) is 13.3. The van der Waals surface area contributed by atoms with Crippen molar-refractivity contribution in [1.82, 2.24) is 29.9 Å². The average molecular weight is 307 g/mol. The standard InChI is InChI=1S/C15H10FN7/c16-10-2-1-4-18-12(10)11-6-9(3-5-17-11)23-15-13-14(20-7-19-13)21-8-22-15/h1-8H,(H2,17,19,20,21,22,23). The largest absolute Gasteiger partial charge is 0.338 e. The molecule has 0 bridgehead atoms. The van der Waals surface area contributed by atoms with Crippen LogP contribution in [-0.4, -0.2) is 29.9 Å². The number of halogens is 1. The maximum atomic E-state index is 13.8. The SMILES string of the molecule is Fc1cccnc1-c1cc(Nc2ncnc3[nH]cnc23)ccn1. The Balaban J connectivity index is 1.72. The molecule has 4 rings (SSSR count). The van der Waals surface area contributed by atoms with E-state index in [0.29, 0.717) is 28.4 Å². The molecular formula is C15H10FN7. The zero-order valence-electron chi connectivity index (χ0n) is 11.7. The zero-order valence-corrected chi connectivity index (χ0v) is 11.7. The maximum Gasteiger partial charge on any atom is 0.162 e. The molecule has 4 heterocycles. The number of hydrogen-bond donors (Lipinski definition) is 2. The van der Waals surface area contributed by atoms with Gasteiger partial charge in [-0.3, -0.25) is 9.97 Å². The lowest BCUT2D eigenvalue weighted by Gasteiger charge is -2.07. The van der Waals surface area contributed by atoms with Crippen molar-refractivity contribution in [3.05, 3.63) is 55.1 Å². The van der Waals surface area contributed by atoms with Gasteiger partial charge in [0.2, 0.25) is 0 Å².